The van der Waals surface area contributed by atoms with Gasteiger partial charge in [0, 0.05) is 23.4 Å². The molecule has 0 fully saturated rings. The quantitative estimate of drug-likeness (QED) is 0.376. The van der Waals surface area contributed by atoms with Crippen molar-refractivity contribution in [2.24, 2.45) is 0 Å². The minimum absolute atomic E-state index is 0.0421. The summed E-state index contributed by atoms with van der Waals surface area (Å²) in [7, 11) is 0. The highest BCUT2D eigenvalue weighted by atomic mass is 32.2. The van der Waals surface area contributed by atoms with E-state index in [1.54, 1.807) is 23.9 Å². The molecule has 0 unspecified atom stereocenters. The fourth-order valence-corrected chi connectivity index (χ4v) is 3.04. The van der Waals surface area contributed by atoms with Crippen LogP contribution in [0.2, 0.25) is 0 Å². The molecule has 0 aliphatic rings. The maximum Gasteiger partial charge on any atom is 0.306 e. The van der Waals surface area contributed by atoms with Gasteiger partial charge in [-0.25, -0.2) is 0 Å². The van der Waals surface area contributed by atoms with Crippen LogP contribution >= 0.6 is 11.8 Å². The number of amides is 1. The summed E-state index contributed by atoms with van der Waals surface area (Å²) < 4.78 is 4.95. The Morgan fingerprint density at radius 2 is 1.71 bits per heavy atom. The van der Waals surface area contributed by atoms with Gasteiger partial charge >= 0.3 is 5.97 Å². The summed E-state index contributed by atoms with van der Waals surface area (Å²) in [6.07, 6.45) is 2.70. The third-order valence-electron chi connectivity index (χ3n) is 4.31. The first kappa shape index (κ1) is 21.7. The molecule has 0 radical (unpaired) electrons. The molecule has 0 bridgehead atoms. The van der Waals surface area contributed by atoms with Gasteiger partial charge in [0.25, 0.3) is 5.91 Å². The maximum absolute atomic E-state index is 12.1. The Bertz CT molecular complexity index is 818. The molecule has 0 spiro atoms. The van der Waals surface area contributed by atoms with Crippen LogP contribution in [-0.4, -0.2) is 37.1 Å². The van der Waals surface area contributed by atoms with Gasteiger partial charge in [-0.1, -0.05) is 36.4 Å². The molecule has 6 heteroatoms. The van der Waals surface area contributed by atoms with Gasteiger partial charge in [0.1, 0.15) is 0 Å². The molecule has 0 aliphatic heterocycles. The van der Waals surface area contributed by atoms with Gasteiger partial charge < -0.3 is 10.1 Å². The molecule has 0 saturated heterocycles. The van der Waals surface area contributed by atoms with Gasteiger partial charge in [0.2, 0.25) is 0 Å². The Labute approximate surface area is 169 Å². The van der Waals surface area contributed by atoms with Crippen molar-refractivity contribution in [2.45, 2.75) is 31.1 Å². The Balaban J connectivity index is 1.63. The van der Waals surface area contributed by atoms with Crippen molar-refractivity contribution in [1.29, 1.82) is 0 Å². The first-order valence-electron chi connectivity index (χ1n) is 9.13. The Morgan fingerprint density at radius 1 is 1.00 bits per heavy atom. The van der Waals surface area contributed by atoms with Crippen LogP contribution in [0.5, 0.6) is 0 Å². The zero-order valence-corrected chi connectivity index (χ0v) is 17.0. The lowest BCUT2D eigenvalue weighted by Gasteiger charge is -2.08. The number of rotatable bonds is 10. The Hall–Kier alpha value is -2.60. The minimum Gasteiger partial charge on any atom is -0.456 e. The normalized spacial score (nSPS) is 10.4. The lowest BCUT2D eigenvalue weighted by atomic mass is 10.1. The summed E-state index contributed by atoms with van der Waals surface area (Å²) in [6.45, 7) is 2.17. The Morgan fingerprint density at radius 3 is 2.39 bits per heavy atom. The van der Waals surface area contributed by atoms with E-state index in [0.717, 1.165) is 11.3 Å². The third-order valence-corrected chi connectivity index (χ3v) is 5.05. The number of Topliss-reactive ketones (excluding diaryl/α,β-unsaturated/α-hetero) is 1. The molecule has 2 rings (SSSR count). The van der Waals surface area contributed by atoms with Gasteiger partial charge in [-0.3, -0.25) is 14.4 Å². The molecule has 0 aliphatic carbocycles. The topological polar surface area (TPSA) is 72.5 Å². The van der Waals surface area contributed by atoms with Crippen molar-refractivity contribution >= 4 is 29.4 Å². The summed E-state index contributed by atoms with van der Waals surface area (Å²) in [4.78, 5) is 36.7. The second-order valence-electron chi connectivity index (χ2n) is 6.34. The number of ether oxygens (including phenoxy) is 1. The predicted octanol–water partition coefficient (Wildman–Crippen LogP) is 3.58. The van der Waals surface area contributed by atoms with E-state index in [4.69, 9.17) is 4.74 Å². The van der Waals surface area contributed by atoms with E-state index < -0.39 is 5.97 Å². The summed E-state index contributed by atoms with van der Waals surface area (Å²) in [5.41, 5.74) is 2.92. The summed E-state index contributed by atoms with van der Waals surface area (Å²) in [5, 5.41) is 2.73. The first-order chi connectivity index (χ1) is 13.5. The van der Waals surface area contributed by atoms with E-state index in [0.29, 0.717) is 12.1 Å². The predicted molar refractivity (Wildman–Crippen MR) is 111 cm³/mol. The Kier molecular flexibility index (Phi) is 8.75. The third kappa shape index (κ3) is 7.19. The number of hydrogen-bond acceptors (Lipinski definition) is 5. The molecule has 0 aromatic heterocycles. The second-order valence-corrected chi connectivity index (χ2v) is 7.22. The van der Waals surface area contributed by atoms with Crippen LogP contribution in [0.3, 0.4) is 0 Å². The van der Waals surface area contributed by atoms with Gasteiger partial charge in [-0.05, 0) is 42.9 Å². The standard InChI is InChI=1S/C22H25NO4S/c1-16-5-3-4-6-17(16)13-14-23-21(25)15-27-22(26)12-11-20(24)18-7-9-19(28-2)10-8-18/h3-10H,11-15H2,1-2H3,(H,23,25). The fraction of sp³-hybridized carbons (Fsp3) is 0.318. The van der Waals surface area contributed by atoms with Gasteiger partial charge in [0.05, 0.1) is 6.42 Å². The van der Waals surface area contributed by atoms with Gasteiger partial charge in [-0.15, -0.1) is 11.8 Å². The van der Waals surface area contributed by atoms with E-state index in [1.807, 2.05) is 49.6 Å². The lowest BCUT2D eigenvalue weighted by Crippen LogP contribution is -2.30. The van der Waals surface area contributed by atoms with Crippen LogP contribution in [0.15, 0.2) is 53.4 Å². The van der Waals surface area contributed by atoms with Gasteiger partial charge in [-0.2, -0.15) is 0 Å². The zero-order chi connectivity index (χ0) is 20.4. The van der Waals surface area contributed by atoms with Crippen LogP contribution in [0.25, 0.3) is 0 Å². The van der Waals surface area contributed by atoms with Crippen LogP contribution in [0.4, 0.5) is 0 Å². The van der Waals surface area contributed by atoms with E-state index in [1.165, 1.54) is 11.1 Å². The second kappa shape index (κ2) is 11.3. The number of aryl methyl sites for hydroxylation is 1. The largest absolute Gasteiger partial charge is 0.456 e. The van der Waals surface area contributed by atoms with E-state index in [9.17, 15) is 14.4 Å². The molecule has 2 aromatic rings. The highest BCUT2D eigenvalue weighted by Crippen LogP contribution is 2.16. The van der Waals surface area contributed by atoms with E-state index in [2.05, 4.69) is 5.32 Å². The SMILES string of the molecule is CSc1ccc(C(=O)CCC(=O)OCC(=O)NCCc2ccccc2C)cc1. The molecule has 0 saturated carbocycles. The summed E-state index contributed by atoms with van der Waals surface area (Å²) in [6, 6.07) is 15.2. The molecule has 2 aromatic carbocycles. The number of hydrogen-bond donors (Lipinski definition) is 1. The molecule has 148 valence electrons. The average Bonchev–Trinajstić information content (AvgIpc) is 2.72. The molecule has 0 atom stereocenters. The van der Waals surface area contributed by atoms with E-state index >= 15 is 0 Å². The molecule has 1 N–H and O–H groups in total. The van der Waals surface area contributed by atoms with Gasteiger partial charge in [0.15, 0.2) is 12.4 Å². The molecular weight excluding hydrogens is 374 g/mol. The number of thioether (sulfide) groups is 1. The monoisotopic (exact) mass is 399 g/mol. The summed E-state index contributed by atoms with van der Waals surface area (Å²) in [5.74, 6) is -1.02. The van der Waals surface area contributed by atoms with Crippen molar-refractivity contribution in [3.8, 4) is 0 Å². The molecule has 28 heavy (non-hydrogen) atoms. The number of carbonyl (C=O) groups is 3. The molecule has 5 nitrogen and oxygen atoms in total. The van der Waals surface area contributed by atoms with E-state index in [-0.39, 0.29) is 31.1 Å². The number of carbonyl (C=O) groups excluding carboxylic acids is 3. The number of esters is 1. The molecular formula is C22H25NO4S. The minimum atomic E-state index is -0.553. The average molecular weight is 400 g/mol. The van der Waals surface area contributed by atoms with Crippen molar-refractivity contribution in [3.63, 3.8) is 0 Å². The van der Waals surface area contributed by atoms with Crippen molar-refractivity contribution in [3.05, 3.63) is 65.2 Å². The summed E-state index contributed by atoms with van der Waals surface area (Å²) >= 11 is 1.60. The fourth-order valence-electron chi connectivity index (χ4n) is 2.63. The first-order valence-corrected chi connectivity index (χ1v) is 10.4. The molecule has 1 amide bonds. The van der Waals surface area contributed by atoms with Crippen molar-refractivity contribution < 1.29 is 19.1 Å². The van der Waals surface area contributed by atoms with Crippen molar-refractivity contribution in [2.75, 3.05) is 19.4 Å². The van der Waals surface area contributed by atoms with Crippen LogP contribution in [-0.2, 0) is 20.7 Å². The highest BCUT2D eigenvalue weighted by Gasteiger charge is 2.12. The van der Waals surface area contributed by atoms with Crippen LogP contribution < -0.4 is 5.32 Å². The smallest absolute Gasteiger partial charge is 0.306 e. The lowest BCUT2D eigenvalue weighted by molar-refractivity contribution is -0.148. The zero-order valence-electron chi connectivity index (χ0n) is 16.2. The number of nitrogens with one attached hydrogen (secondary N) is 1. The number of ketones is 1. The molecule has 0 heterocycles. The van der Waals surface area contributed by atoms with Crippen LogP contribution in [0.1, 0.15) is 34.3 Å². The van der Waals surface area contributed by atoms with Crippen molar-refractivity contribution in [1.82, 2.24) is 5.32 Å². The highest BCUT2D eigenvalue weighted by molar-refractivity contribution is 7.98. The van der Waals surface area contributed by atoms with Crippen LogP contribution in [0, 0.1) is 6.92 Å². The number of benzene rings is 2. The maximum atomic E-state index is 12.1.